The van der Waals surface area contributed by atoms with Gasteiger partial charge in [0, 0.05) is 12.3 Å². The molecule has 2 fully saturated rings. The van der Waals surface area contributed by atoms with Crippen molar-refractivity contribution in [2.45, 2.75) is 76.4 Å². The Hall–Kier alpha value is 0.960. The Labute approximate surface area is 143 Å². The third-order valence-electron chi connectivity index (χ3n) is 4.35. The van der Waals surface area contributed by atoms with E-state index in [2.05, 4.69) is 0 Å². The molecule has 2 atom stereocenters. The van der Waals surface area contributed by atoms with Gasteiger partial charge in [-0.3, -0.25) is 9.13 Å². The van der Waals surface area contributed by atoms with Crippen molar-refractivity contribution in [3.63, 3.8) is 0 Å². The van der Waals surface area contributed by atoms with Gasteiger partial charge in [0.15, 0.2) is 0 Å². The van der Waals surface area contributed by atoms with E-state index in [1.807, 2.05) is 0 Å². The van der Waals surface area contributed by atoms with Crippen LogP contribution in [0.5, 0.6) is 0 Å². The monoisotopic (exact) mass is 390 g/mol. The maximum absolute atomic E-state index is 12.3. The van der Waals surface area contributed by atoms with E-state index in [4.69, 9.17) is 31.5 Å². The maximum atomic E-state index is 12.3. The molecule has 2 saturated carbocycles. The first-order valence-electron chi connectivity index (χ1n) is 8.31. The van der Waals surface area contributed by atoms with Crippen LogP contribution in [0.3, 0.4) is 0 Å². The summed E-state index contributed by atoms with van der Waals surface area (Å²) in [5, 5.41) is 0. The van der Waals surface area contributed by atoms with Crippen molar-refractivity contribution in [2.24, 2.45) is 0 Å². The summed E-state index contributed by atoms with van der Waals surface area (Å²) >= 11 is 12.0. The standard InChI is InChI=1S/C14H26Cl2O4P2/c15-21(17,19-13-7-3-1-4-8-13)11-12-22(16,18)20-14-9-5-2-6-10-14/h13-14H,1-12H2. The van der Waals surface area contributed by atoms with E-state index in [0.29, 0.717) is 0 Å². The lowest BCUT2D eigenvalue weighted by molar-refractivity contribution is 0.160. The van der Waals surface area contributed by atoms with Gasteiger partial charge in [-0.05, 0) is 48.2 Å². The second-order valence-electron chi connectivity index (χ2n) is 6.36. The van der Waals surface area contributed by atoms with E-state index in [-0.39, 0.29) is 24.5 Å². The summed E-state index contributed by atoms with van der Waals surface area (Å²) in [5.41, 5.74) is 0. The van der Waals surface area contributed by atoms with Crippen molar-refractivity contribution in [3.05, 3.63) is 0 Å². The van der Waals surface area contributed by atoms with Crippen LogP contribution in [0.1, 0.15) is 64.2 Å². The van der Waals surface area contributed by atoms with Gasteiger partial charge in [-0.15, -0.1) is 0 Å². The Morgan fingerprint density at radius 3 is 1.32 bits per heavy atom. The minimum atomic E-state index is -3.28. The van der Waals surface area contributed by atoms with Crippen molar-refractivity contribution in [3.8, 4) is 0 Å². The van der Waals surface area contributed by atoms with Crippen LogP contribution < -0.4 is 0 Å². The lowest BCUT2D eigenvalue weighted by Crippen LogP contribution is -2.16. The fourth-order valence-corrected chi connectivity index (χ4v) is 8.60. The van der Waals surface area contributed by atoms with Gasteiger partial charge >= 0.3 is 0 Å². The molecule has 4 nitrogen and oxygen atoms in total. The van der Waals surface area contributed by atoms with E-state index in [0.717, 1.165) is 51.4 Å². The van der Waals surface area contributed by atoms with E-state index in [9.17, 15) is 9.13 Å². The summed E-state index contributed by atoms with van der Waals surface area (Å²) in [6.45, 7) is -6.55. The highest BCUT2D eigenvalue weighted by atomic mass is 35.7. The molecule has 2 rings (SSSR count). The molecule has 2 aliphatic rings. The van der Waals surface area contributed by atoms with Crippen molar-refractivity contribution in [2.75, 3.05) is 12.3 Å². The minimum absolute atomic E-state index is 0.0125. The van der Waals surface area contributed by atoms with E-state index in [1.54, 1.807) is 0 Å². The van der Waals surface area contributed by atoms with Gasteiger partial charge in [0.25, 0.3) is 13.4 Å². The van der Waals surface area contributed by atoms with Gasteiger partial charge in [0.2, 0.25) is 0 Å². The second-order valence-corrected chi connectivity index (χ2v) is 13.1. The van der Waals surface area contributed by atoms with Crippen LogP contribution in [0.4, 0.5) is 0 Å². The zero-order chi connectivity index (χ0) is 16.1. The number of hydrogen-bond donors (Lipinski definition) is 0. The summed E-state index contributed by atoms with van der Waals surface area (Å²) in [4.78, 5) is 0. The van der Waals surface area contributed by atoms with Gasteiger partial charge < -0.3 is 9.05 Å². The van der Waals surface area contributed by atoms with Crippen LogP contribution >= 0.6 is 35.9 Å². The van der Waals surface area contributed by atoms with Crippen LogP contribution in [-0.2, 0) is 18.2 Å². The highest BCUT2D eigenvalue weighted by Crippen LogP contribution is 2.61. The summed E-state index contributed by atoms with van der Waals surface area (Å²) in [6.07, 6.45) is 10.3. The van der Waals surface area contributed by atoms with Crippen LogP contribution in [0.15, 0.2) is 0 Å². The molecule has 0 aromatic rings. The zero-order valence-electron chi connectivity index (χ0n) is 12.9. The van der Waals surface area contributed by atoms with E-state index in [1.165, 1.54) is 12.8 Å². The predicted octanol–water partition coefficient (Wildman–Crippen LogP) is 6.55. The molecule has 2 unspecified atom stereocenters. The molecule has 0 N–H and O–H groups in total. The van der Waals surface area contributed by atoms with Gasteiger partial charge in [-0.2, -0.15) is 0 Å². The quantitative estimate of drug-likeness (QED) is 0.462. The molecule has 130 valence electrons. The smallest absolute Gasteiger partial charge is 0.291 e. The van der Waals surface area contributed by atoms with Crippen molar-refractivity contribution >= 4 is 35.9 Å². The lowest BCUT2D eigenvalue weighted by atomic mass is 9.98. The molecule has 0 spiro atoms. The minimum Gasteiger partial charge on any atom is -0.314 e. The SMILES string of the molecule is O=P(Cl)(CCP(=O)(Cl)OC1CCCCC1)OC1CCCCC1. The Kier molecular flexibility index (Phi) is 7.79. The maximum Gasteiger partial charge on any atom is 0.291 e. The third-order valence-corrected chi connectivity index (χ3v) is 8.94. The molecule has 0 saturated heterocycles. The molecule has 2 aliphatic carbocycles. The highest BCUT2D eigenvalue weighted by molar-refractivity contribution is 7.88. The number of rotatable bonds is 7. The first kappa shape index (κ1) is 19.3. The fraction of sp³-hybridized carbons (Fsp3) is 1.00. The summed E-state index contributed by atoms with van der Waals surface area (Å²) < 4.78 is 35.8. The van der Waals surface area contributed by atoms with Crippen LogP contribution in [0, 0.1) is 0 Å². The van der Waals surface area contributed by atoms with Gasteiger partial charge in [-0.1, -0.05) is 38.5 Å². The molecule has 8 heteroatoms. The fourth-order valence-electron chi connectivity index (χ4n) is 3.13. The first-order valence-corrected chi connectivity index (χ1v) is 13.7. The van der Waals surface area contributed by atoms with Gasteiger partial charge in [-0.25, -0.2) is 0 Å². The molecule has 22 heavy (non-hydrogen) atoms. The molecule has 0 aromatic heterocycles. The summed E-state index contributed by atoms with van der Waals surface area (Å²) in [6, 6.07) is 0. The average Bonchev–Trinajstić information content (AvgIpc) is 2.47. The molecule has 0 heterocycles. The number of halogens is 2. The van der Waals surface area contributed by atoms with Crippen LogP contribution in [0.25, 0.3) is 0 Å². The van der Waals surface area contributed by atoms with Crippen molar-refractivity contribution in [1.82, 2.24) is 0 Å². The predicted molar refractivity (Wildman–Crippen MR) is 92.6 cm³/mol. The van der Waals surface area contributed by atoms with Crippen molar-refractivity contribution in [1.29, 1.82) is 0 Å². The second kappa shape index (κ2) is 8.88. The topological polar surface area (TPSA) is 52.6 Å². The molecular weight excluding hydrogens is 365 g/mol. The molecule has 0 aromatic carbocycles. The normalized spacial score (nSPS) is 27.2. The molecule has 0 bridgehead atoms. The van der Waals surface area contributed by atoms with E-state index >= 15 is 0 Å². The first-order chi connectivity index (χ1) is 10.4. The van der Waals surface area contributed by atoms with Gasteiger partial charge in [0.05, 0.1) is 12.2 Å². The highest BCUT2D eigenvalue weighted by Gasteiger charge is 2.32. The largest absolute Gasteiger partial charge is 0.314 e. The Morgan fingerprint density at radius 1 is 0.682 bits per heavy atom. The third kappa shape index (κ3) is 7.24. The lowest BCUT2D eigenvalue weighted by Gasteiger charge is -2.26. The Morgan fingerprint density at radius 2 is 1.00 bits per heavy atom. The number of hydrogen-bond acceptors (Lipinski definition) is 4. The van der Waals surface area contributed by atoms with Gasteiger partial charge in [0.1, 0.15) is 0 Å². The zero-order valence-corrected chi connectivity index (χ0v) is 16.2. The van der Waals surface area contributed by atoms with E-state index < -0.39 is 13.4 Å². The molecule has 0 amide bonds. The summed E-state index contributed by atoms with van der Waals surface area (Å²) in [5.74, 6) is 0. The summed E-state index contributed by atoms with van der Waals surface area (Å²) in [7, 11) is 0. The van der Waals surface area contributed by atoms with Crippen LogP contribution in [-0.4, -0.2) is 24.5 Å². The molecule has 0 aliphatic heterocycles. The Bertz CT molecular complexity index is 395. The molecular formula is C14H26Cl2O4P2. The molecule has 0 radical (unpaired) electrons. The average molecular weight is 391 g/mol. The van der Waals surface area contributed by atoms with Crippen LogP contribution in [0.2, 0.25) is 0 Å². The Balaban J connectivity index is 1.76. The van der Waals surface area contributed by atoms with Crippen molar-refractivity contribution < 1.29 is 18.2 Å².